The second-order valence-electron chi connectivity index (χ2n) is 4.97. The van der Waals surface area contributed by atoms with Crippen LogP contribution in [0.1, 0.15) is 26.5 Å². The number of nitrogens with zero attached hydrogens (tertiary/aromatic N) is 2. The number of aromatic nitrogens is 2. The number of hydrogen-bond acceptors (Lipinski definition) is 1. The highest BCUT2D eigenvalue weighted by Crippen LogP contribution is 2.26. The maximum Gasteiger partial charge on any atom is 0.148 e. The fourth-order valence-electron chi connectivity index (χ4n) is 1.52. The number of hydrogen-bond donors (Lipinski definition) is 0. The first-order chi connectivity index (χ1) is 7.89. The third-order valence-electron chi connectivity index (χ3n) is 2.51. The van der Waals surface area contributed by atoms with Gasteiger partial charge in [-0.1, -0.05) is 44.5 Å². The molecule has 1 aromatic heterocycles. The van der Waals surface area contributed by atoms with Crippen LogP contribution in [0.3, 0.4) is 0 Å². The molecule has 1 heterocycles. The third-order valence-corrected chi connectivity index (χ3v) is 2.78. The van der Waals surface area contributed by atoms with Crippen LogP contribution in [0.15, 0.2) is 30.3 Å². The van der Waals surface area contributed by atoms with Crippen molar-refractivity contribution in [3.63, 3.8) is 0 Å². The van der Waals surface area contributed by atoms with E-state index in [-0.39, 0.29) is 11.2 Å². The quantitative estimate of drug-likeness (QED) is 0.751. The zero-order valence-electron chi connectivity index (χ0n) is 10.0. The minimum Gasteiger partial charge on any atom is -0.219 e. The summed E-state index contributed by atoms with van der Waals surface area (Å²) in [7, 11) is 0. The zero-order valence-corrected chi connectivity index (χ0v) is 10.8. The van der Waals surface area contributed by atoms with Gasteiger partial charge in [0.25, 0.3) is 0 Å². The van der Waals surface area contributed by atoms with E-state index < -0.39 is 0 Å². The molecule has 0 radical (unpaired) electrons. The van der Waals surface area contributed by atoms with E-state index in [1.807, 2.05) is 20.8 Å². The van der Waals surface area contributed by atoms with Crippen LogP contribution in [-0.2, 0) is 5.41 Å². The third kappa shape index (κ3) is 2.34. The second-order valence-corrected chi connectivity index (χ2v) is 5.35. The lowest BCUT2D eigenvalue weighted by molar-refractivity contribution is 0.555. The summed E-state index contributed by atoms with van der Waals surface area (Å²) in [4.78, 5) is 0. The minimum absolute atomic E-state index is 0.111. The molecule has 0 amide bonds. The van der Waals surface area contributed by atoms with Gasteiger partial charge < -0.3 is 0 Å². The normalized spacial score (nSPS) is 11.8. The smallest absolute Gasteiger partial charge is 0.148 e. The lowest BCUT2D eigenvalue weighted by Crippen LogP contribution is -2.12. The van der Waals surface area contributed by atoms with Gasteiger partial charge in [-0.05, 0) is 18.2 Å². The van der Waals surface area contributed by atoms with Crippen LogP contribution in [0.2, 0.25) is 5.15 Å². The molecule has 0 aliphatic heterocycles. The second kappa shape index (κ2) is 4.15. The summed E-state index contributed by atoms with van der Waals surface area (Å²) in [5, 5.41) is 4.77. The highest BCUT2D eigenvalue weighted by molar-refractivity contribution is 6.29. The first kappa shape index (κ1) is 12.1. The Labute approximate surface area is 105 Å². The highest BCUT2D eigenvalue weighted by Gasteiger charge is 2.20. The van der Waals surface area contributed by atoms with Crippen molar-refractivity contribution in [2.75, 3.05) is 0 Å². The molecule has 2 aromatic rings. The Morgan fingerprint density at radius 3 is 2.41 bits per heavy atom. The molecule has 0 fully saturated rings. The maximum absolute atomic E-state index is 13.6. The van der Waals surface area contributed by atoms with Crippen molar-refractivity contribution < 1.29 is 4.39 Å². The van der Waals surface area contributed by atoms with Crippen LogP contribution >= 0.6 is 11.6 Å². The molecule has 1 aromatic carbocycles. The van der Waals surface area contributed by atoms with E-state index in [4.69, 9.17) is 11.6 Å². The standard InChI is InChI=1S/C13H14ClFN2/c1-13(2,3)11-8-12(14)17(16-11)10-7-5-4-6-9(10)15/h4-8H,1-3H3. The fourth-order valence-corrected chi connectivity index (χ4v) is 1.75. The molecule has 0 bridgehead atoms. The molecule has 0 saturated heterocycles. The zero-order chi connectivity index (χ0) is 12.6. The molecule has 90 valence electrons. The topological polar surface area (TPSA) is 17.8 Å². The van der Waals surface area contributed by atoms with Gasteiger partial charge in [-0.25, -0.2) is 9.07 Å². The summed E-state index contributed by atoms with van der Waals surface area (Å²) in [6.45, 7) is 6.12. The lowest BCUT2D eigenvalue weighted by Gasteiger charge is -2.14. The molecule has 2 nitrogen and oxygen atoms in total. The van der Waals surface area contributed by atoms with Gasteiger partial charge in [0, 0.05) is 5.41 Å². The number of rotatable bonds is 1. The summed E-state index contributed by atoms with van der Waals surface area (Å²) < 4.78 is 15.1. The van der Waals surface area contributed by atoms with E-state index >= 15 is 0 Å². The van der Waals surface area contributed by atoms with Gasteiger partial charge >= 0.3 is 0 Å². The monoisotopic (exact) mass is 252 g/mol. The predicted molar refractivity (Wildman–Crippen MR) is 67.2 cm³/mol. The van der Waals surface area contributed by atoms with E-state index in [0.29, 0.717) is 10.8 Å². The summed E-state index contributed by atoms with van der Waals surface area (Å²) in [5.41, 5.74) is 1.10. The average Bonchev–Trinajstić information content (AvgIpc) is 2.61. The molecular weight excluding hydrogens is 239 g/mol. The van der Waals surface area contributed by atoms with Crippen molar-refractivity contribution in [1.29, 1.82) is 0 Å². The van der Waals surface area contributed by atoms with Crippen molar-refractivity contribution in [2.24, 2.45) is 0 Å². The van der Waals surface area contributed by atoms with Crippen LogP contribution in [0.25, 0.3) is 5.69 Å². The molecule has 17 heavy (non-hydrogen) atoms. The van der Waals surface area contributed by atoms with Crippen LogP contribution in [0.4, 0.5) is 4.39 Å². The number of para-hydroxylation sites is 1. The summed E-state index contributed by atoms with van der Waals surface area (Å²) in [6, 6.07) is 8.22. The Balaban J connectivity index is 2.55. The fraction of sp³-hybridized carbons (Fsp3) is 0.308. The summed E-state index contributed by atoms with van der Waals surface area (Å²) >= 11 is 6.09. The van der Waals surface area contributed by atoms with Gasteiger partial charge in [-0.15, -0.1) is 0 Å². The van der Waals surface area contributed by atoms with Gasteiger partial charge in [0.1, 0.15) is 16.7 Å². The summed E-state index contributed by atoms with van der Waals surface area (Å²) in [6.07, 6.45) is 0. The SMILES string of the molecule is CC(C)(C)c1cc(Cl)n(-c2ccccc2F)n1. The highest BCUT2D eigenvalue weighted by atomic mass is 35.5. The van der Waals surface area contributed by atoms with E-state index in [9.17, 15) is 4.39 Å². The molecule has 0 N–H and O–H groups in total. The van der Waals surface area contributed by atoms with E-state index in [1.54, 1.807) is 24.3 Å². The largest absolute Gasteiger partial charge is 0.219 e. The van der Waals surface area contributed by atoms with Gasteiger partial charge in [0.05, 0.1) is 5.69 Å². The van der Waals surface area contributed by atoms with Gasteiger partial charge in [-0.3, -0.25) is 0 Å². The molecule has 0 saturated carbocycles. The Hall–Kier alpha value is -1.35. The number of halogens is 2. The Morgan fingerprint density at radius 1 is 1.24 bits per heavy atom. The van der Waals surface area contributed by atoms with Crippen molar-refractivity contribution in [3.8, 4) is 5.69 Å². The van der Waals surface area contributed by atoms with Crippen LogP contribution in [0.5, 0.6) is 0 Å². The minimum atomic E-state index is -0.335. The van der Waals surface area contributed by atoms with E-state index in [2.05, 4.69) is 5.10 Å². The first-order valence-electron chi connectivity index (χ1n) is 5.40. The Kier molecular flexibility index (Phi) is 2.96. The van der Waals surface area contributed by atoms with Gasteiger partial charge in [-0.2, -0.15) is 5.10 Å². The maximum atomic E-state index is 13.6. The van der Waals surface area contributed by atoms with Crippen molar-refractivity contribution >= 4 is 11.6 Å². The Bertz CT molecular complexity index is 541. The van der Waals surface area contributed by atoms with Gasteiger partial charge in [0.2, 0.25) is 0 Å². The summed E-state index contributed by atoms with van der Waals surface area (Å²) in [5.74, 6) is -0.335. The first-order valence-corrected chi connectivity index (χ1v) is 5.78. The molecule has 0 unspecified atom stereocenters. The molecule has 0 spiro atoms. The Morgan fingerprint density at radius 2 is 1.88 bits per heavy atom. The predicted octanol–water partition coefficient (Wildman–Crippen LogP) is 3.96. The molecule has 0 atom stereocenters. The van der Waals surface area contributed by atoms with Crippen molar-refractivity contribution in [1.82, 2.24) is 9.78 Å². The molecule has 4 heteroatoms. The molecule has 2 rings (SSSR count). The lowest BCUT2D eigenvalue weighted by atomic mass is 9.93. The average molecular weight is 253 g/mol. The number of benzene rings is 1. The van der Waals surface area contributed by atoms with Crippen molar-refractivity contribution in [3.05, 3.63) is 47.0 Å². The molecule has 0 aliphatic rings. The van der Waals surface area contributed by atoms with Crippen LogP contribution < -0.4 is 0 Å². The van der Waals surface area contributed by atoms with Gasteiger partial charge in [0.15, 0.2) is 0 Å². The van der Waals surface area contributed by atoms with Crippen molar-refractivity contribution in [2.45, 2.75) is 26.2 Å². The van der Waals surface area contributed by atoms with E-state index in [1.165, 1.54) is 10.7 Å². The van der Waals surface area contributed by atoms with Crippen LogP contribution in [-0.4, -0.2) is 9.78 Å². The van der Waals surface area contributed by atoms with E-state index in [0.717, 1.165) is 5.69 Å². The molecular formula is C13H14ClFN2. The van der Waals surface area contributed by atoms with Crippen LogP contribution in [0, 0.1) is 5.82 Å². The molecule has 0 aliphatic carbocycles.